The molecule has 0 aliphatic heterocycles. The van der Waals surface area contributed by atoms with Crippen molar-refractivity contribution < 1.29 is 5.11 Å². The Morgan fingerprint density at radius 3 is 2.61 bits per heavy atom. The molecule has 0 aliphatic rings. The minimum atomic E-state index is -0.388. The van der Waals surface area contributed by atoms with E-state index < -0.39 is 0 Å². The summed E-state index contributed by atoms with van der Waals surface area (Å²) in [6, 6.07) is 1.04. The third kappa shape index (κ3) is 2.27. The molecule has 0 fully saturated rings. The van der Waals surface area contributed by atoms with Gasteiger partial charge in [-0.25, -0.2) is 0 Å². The number of hydrogen-bond donors (Lipinski definition) is 2. The standard InChI is InChI=1S/C12H16N4O2/c1-12(2,3)10-7(6-16(4)15-10)11-13-8(17)5-9(18)14-11/h5-6H,1-4H3,(H2,13,14,17,18). The molecule has 0 saturated heterocycles. The molecule has 0 amide bonds. The molecule has 0 bridgehead atoms. The maximum absolute atomic E-state index is 11.4. The van der Waals surface area contributed by atoms with Gasteiger partial charge in [0.1, 0.15) is 5.82 Å². The van der Waals surface area contributed by atoms with E-state index in [1.807, 2.05) is 20.8 Å². The van der Waals surface area contributed by atoms with Crippen molar-refractivity contribution in [2.75, 3.05) is 0 Å². The van der Waals surface area contributed by atoms with Crippen molar-refractivity contribution >= 4 is 0 Å². The first kappa shape index (κ1) is 12.3. The zero-order valence-electron chi connectivity index (χ0n) is 10.9. The first-order chi connectivity index (χ1) is 8.27. The van der Waals surface area contributed by atoms with E-state index in [4.69, 9.17) is 0 Å². The quantitative estimate of drug-likeness (QED) is 0.793. The molecule has 0 aromatic carbocycles. The second kappa shape index (κ2) is 3.97. The van der Waals surface area contributed by atoms with Crippen LogP contribution in [0.3, 0.4) is 0 Å². The largest absolute Gasteiger partial charge is 0.493 e. The molecule has 0 radical (unpaired) electrons. The van der Waals surface area contributed by atoms with Crippen LogP contribution in [0.1, 0.15) is 26.5 Å². The van der Waals surface area contributed by atoms with E-state index in [0.717, 1.165) is 17.3 Å². The van der Waals surface area contributed by atoms with Crippen LogP contribution in [0.5, 0.6) is 5.88 Å². The zero-order valence-corrected chi connectivity index (χ0v) is 10.9. The fourth-order valence-corrected chi connectivity index (χ4v) is 1.79. The van der Waals surface area contributed by atoms with Gasteiger partial charge in [0.25, 0.3) is 5.56 Å². The number of H-pyrrole nitrogens is 1. The number of aromatic amines is 1. The SMILES string of the molecule is Cn1cc(-c2nc(O)cc(=O)[nH]2)c(C(C)(C)C)n1. The molecule has 0 aliphatic carbocycles. The van der Waals surface area contributed by atoms with Gasteiger partial charge in [0, 0.05) is 18.7 Å². The maximum atomic E-state index is 11.4. The molecule has 0 unspecified atom stereocenters. The number of nitrogens with one attached hydrogen (secondary N) is 1. The molecule has 2 aromatic rings. The molecule has 0 atom stereocenters. The molecule has 6 heteroatoms. The Bertz CT molecular complexity index is 634. The molecule has 2 heterocycles. The number of aromatic nitrogens is 4. The van der Waals surface area contributed by atoms with Crippen LogP contribution < -0.4 is 5.56 Å². The highest BCUT2D eigenvalue weighted by Gasteiger charge is 2.24. The minimum absolute atomic E-state index is 0.180. The normalized spacial score (nSPS) is 11.8. The number of rotatable bonds is 1. The summed E-state index contributed by atoms with van der Waals surface area (Å²) in [5.41, 5.74) is 0.971. The monoisotopic (exact) mass is 248 g/mol. The number of hydrogen-bond acceptors (Lipinski definition) is 4. The number of aryl methyl sites for hydroxylation is 1. The number of nitrogens with zero attached hydrogens (tertiary/aromatic N) is 3. The average molecular weight is 248 g/mol. The van der Waals surface area contributed by atoms with Crippen molar-refractivity contribution in [3.63, 3.8) is 0 Å². The predicted molar refractivity (Wildman–Crippen MR) is 67.4 cm³/mol. The third-order valence-electron chi connectivity index (χ3n) is 2.52. The summed E-state index contributed by atoms with van der Waals surface area (Å²) in [6.45, 7) is 6.08. The number of aromatic hydroxyl groups is 1. The van der Waals surface area contributed by atoms with Crippen LogP contribution in [0, 0.1) is 0 Å². The van der Waals surface area contributed by atoms with E-state index in [2.05, 4.69) is 15.1 Å². The Labute approximate surface area is 104 Å². The summed E-state index contributed by atoms with van der Waals surface area (Å²) in [7, 11) is 1.81. The second-order valence-corrected chi connectivity index (χ2v) is 5.27. The lowest BCUT2D eigenvalue weighted by Crippen LogP contribution is -2.15. The lowest BCUT2D eigenvalue weighted by atomic mass is 9.89. The Hall–Kier alpha value is -2.11. The highest BCUT2D eigenvalue weighted by molar-refractivity contribution is 5.59. The van der Waals surface area contributed by atoms with Crippen molar-refractivity contribution in [2.45, 2.75) is 26.2 Å². The molecule has 6 nitrogen and oxygen atoms in total. The summed E-state index contributed by atoms with van der Waals surface area (Å²) in [4.78, 5) is 17.9. The van der Waals surface area contributed by atoms with Gasteiger partial charge in [0.05, 0.1) is 17.3 Å². The molecule has 0 spiro atoms. The van der Waals surface area contributed by atoms with Crippen molar-refractivity contribution in [1.82, 2.24) is 19.7 Å². The van der Waals surface area contributed by atoms with Crippen LogP contribution in [0.25, 0.3) is 11.4 Å². The van der Waals surface area contributed by atoms with Crippen LogP contribution in [0.15, 0.2) is 17.1 Å². The highest BCUT2D eigenvalue weighted by atomic mass is 16.3. The molecule has 2 aromatic heterocycles. The van der Waals surface area contributed by atoms with Gasteiger partial charge in [-0.3, -0.25) is 9.48 Å². The van der Waals surface area contributed by atoms with Gasteiger partial charge in [0.2, 0.25) is 5.88 Å². The summed E-state index contributed by atoms with van der Waals surface area (Å²) < 4.78 is 1.67. The van der Waals surface area contributed by atoms with Crippen LogP contribution in [0.2, 0.25) is 0 Å². The summed E-state index contributed by atoms with van der Waals surface area (Å²) in [5, 5.41) is 13.8. The molecule has 18 heavy (non-hydrogen) atoms. The predicted octanol–water partition coefficient (Wildman–Crippen LogP) is 1.17. The Morgan fingerprint density at radius 1 is 1.39 bits per heavy atom. The maximum Gasteiger partial charge on any atom is 0.254 e. The average Bonchev–Trinajstić information content (AvgIpc) is 2.58. The van der Waals surface area contributed by atoms with Gasteiger partial charge in [-0.1, -0.05) is 20.8 Å². The first-order valence-corrected chi connectivity index (χ1v) is 5.62. The van der Waals surface area contributed by atoms with E-state index in [1.54, 1.807) is 17.9 Å². The summed E-state index contributed by atoms with van der Waals surface area (Å²) in [6.07, 6.45) is 1.78. The van der Waals surface area contributed by atoms with E-state index >= 15 is 0 Å². The van der Waals surface area contributed by atoms with Crippen LogP contribution in [-0.4, -0.2) is 24.9 Å². The van der Waals surface area contributed by atoms with Gasteiger partial charge in [-0.15, -0.1) is 0 Å². The van der Waals surface area contributed by atoms with Gasteiger partial charge in [-0.2, -0.15) is 10.1 Å². The van der Waals surface area contributed by atoms with Crippen LogP contribution in [0.4, 0.5) is 0 Å². The van der Waals surface area contributed by atoms with E-state index in [1.165, 1.54) is 0 Å². The molecule has 96 valence electrons. The molecule has 2 rings (SSSR count). The van der Waals surface area contributed by atoms with Crippen molar-refractivity contribution in [1.29, 1.82) is 0 Å². The highest BCUT2D eigenvalue weighted by Crippen LogP contribution is 2.29. The van der Waals surface area contributed by atoms with E-state index in [9.17, 15) is 9.90 Å². The lowest BCUT2D eigenvalue weighted by Gasteiger charge is -2.16. The van der Waals surface area contributed by atoms with E-state index in [0.29, 0.717) is 5.82 Å². The molecular formula is C12H16N4O2. The van der Waals surface area contributed by atoms with Gasteiger partial charge >= 0.3 is 0 Å². The van der Waals surface area contributed by atoms with Crippen LogP contribution in [-0.2, 0) is 12.5 Å². The van der Waals surface area contributed by atoms with Gasteiger partial charge in [0.15, 0.2) is 0 Å². The molecular weight excluding hydrogens is 232 g/mol. The molecule has 2 N–H and O–H groups in total. The fourth-order valence-electron chi connectivity index (χ4n) is 1.79. The summed E-state index contributed by atoms with van der Waals surface area (Å²) in [5.74, 6) is 0.0375. The molecule has 0 saturated carbocycles. The van der Waals surface area contributed by atoms with Gasteiger partial charge in [-0.05, 0) is 0 Å². The Kier molecular flexibility index (Phi) is 2.73. The zero-order chi connectivity index (χ0) is 13.5. The second-order valence-electron chi connectivity index (χ2n) is 5.27. The minimum Gasteiger partial charge on any atom is -0.493 e. The van der Waals surface area contributed by atoms with Crippen molar-refractivity contribution in [3.8, 4) is 17.3 Å². The lowest BCUT2D eigenvalue weighted by molar-refractivity contribution is 0.451. The summed E-state index contributed by atoms with van der Waals surface area (Å²) >= 11 is 0. The van der Waals surface area contributed by atoms with Crippen molar-refractivity contribution in [2.24, 2.45) is 7.05 Å². The topological polar surface area (TPSA) is 83.8 Å². The Balaban J connectivity index is 2.67. The van der Waals surface area contributed by atoms with Crippen LogP contribution >= 0.6 is 0 Å². The van der Waals surface area contributed by atoms with E-state index in [-0.39, 0.29) is 16.9 Å². The van der Waals surface area contributed by atoms with Crippen molar-refractivity contribution in [3.05, 3.63) is 28.3 Å². The fraction of sp³-hybridized carbons (Fsp3) is 0.417. The third-order valence-corrected chi connectivity index (χ3v) is 2.52. The Morgan fingerprint density at radius 2 is 2.06 bits per heavy atom. The first-order valence-electron chi connectivity index (χ1n) is 5.62. The van der Waals surface area contributed by atoms with Gasteiger partial charge < -0.3 is 10.1 Å². The smallest absolute Gasteiger partial charge is 0.254 e.